The van der Waals surface area contributed by atoms with Gasteiger partial charge in [-0.1, -0.05) is 149 Å². The smallest absolute Gasteiger partial charge is 0.547 e. The van der Waals surface area contributed by atoms with E-state index in [1.165, 1.54) is 0 Å². The van der Waals surface area contributed by atoms with Gasteiger partial charge in [0.25, 0.3) is 0 Å². The molecule has 0 aliphatic carbocycles. The number of carbonyl (C=O) groups excluding carboxylic acids is 2. The molecule has 0 saturated carbocycles. The zero-order valence-corrected chi connectivity index (χ0v) is 37.2. The number of hydrogen-bond acceptors (Lipinski definition) is 6. The van der Waals surface area contributed by atoms with Gasteiger partial charge in [-0.3, -0.25) is 0 Å². The Morgan fingerprint density at radius 3 is 0.855 bits per heavy atom. The average Bonchev–Trinajstić information content (AvgIpc) is 3.16. The van der Waals surface area contributed by atoms with Gasteiger partial charge >= 0.3 is 37.7 Å². The predicted octanol–water partition coefficient (Wildman–Crippen LogP) is 10.5. The standard InChI is InChI=1S/2C24H38O3.Ca/c2*1-3-5-6-7-8-9-10-11-12-13-14-15-16-17-18-19-20-21-22-27-23(4-2)24(25)26;/h2*5-6,8-9,11-12,14-15,17-18,23H,3-4,7,10,13,16,19-22H2,1-2H3,(H,25,26);/q;;+2/p-2/b2*6-5-,9-8-,12-11-,15-14-,18-17-;. The molecule has 7 heteroatoms. The number of aliphatic carboxylic acids is 2. The third kappa shape index (κ3) is 47.6. The second-order valence-electron chi connectivity index (χ2n) is 12.6. The quantitative estimate of drug-likeness (QED) is 0.0366. The van der Waals surface area contributed by atoms with Gasteiger partial charge in [-0.25, -0.2) is 0 Å². The maximum Gasteiger partial charge on any atom is 2.00 e. The van der Waals surface area contributed by atoms with Crippen LogP contribution in [0.4, 0.5) is 0 Å². The summed E-state index contributed by atoms with van der Waals surface area (Å²) in [5.41, 5.74) is 0. The second kappa shape index (κ2) is 49.5. The predicted molar refractivity (Wildman–Crippen MR) is 232 cm³/mol. The first-order valence-electron chi connectivity index (χ1n) is 20.6. The Morgan fingerprint density at radius 2 is 0.636 bits per heavy atom. The van der Waals surface area contributed by atoms with Crippen molar-refractivity contribution in [1.29, 1.82) is 0 Å². The summed E-state index contributed by atoms with van der Waals surface area (Å²) in [4.78, 5) is 21.4. The van der Waals surface area contributed by atoms with Gasteiger partial charge in [0.15, 0.2) is 0 Å². The van der Waals surface area contributed by atoms with Crippen molar-refractivity contribution in [1.82, 2.24) is 0 Å². The molecular formula is C48H74CaO6. The molecule has 0 aliphatic rings. The molecule has 0 saturated heterocycles. The van der Waals surface area contributed by atoms with Crippen LogP contribution in [-0.2, 0) is 19.1 Å². The Labute approximate surface area is 366 Å². The molecule has 0 aromatic rings. The van der Waals surface area contributed by atoms with E-state index in [0.717, 1.165) is 103 Å². The van der Waals surface area contributed by atoms with E-state index >= 15 is 0 Å². The van der Waals surface area contributed by atoms with E-state index in [-0.39, 0.29) is 37.7 Å². The summed E-state index contributed by atoms with van der Waals surface area (Å²) in [5.74, 6) is -2.23. The number of carbonyl (C=O) groups is 2. The van der Waals surface area contributed by atoms with Crippen LogP contribution in [0.3, 0.4) is 0 Å². The summed E-state index contributed by atoms with van der Waals surface area (Å²) >= 11 is 0. The monoisotopic (exact) mass is 787 g/mol. The molecule has 0 aromatic carbocycles. The molecule has 304 valence electrons. The Hall–Kier alpha value is -2.48. The molecule has 0 aromatic heterocycles. The van der Waals surface area contributed by atoms with E-state index in [1.807, 2.05) is 0 Å². The van der Waals surface area contributed by atoms with Crippen molar-refractivity contribution in [2.45, 2.75) is 155 Å². The Bertz CT molecular complexity index is 1060. The number of carboxylic acid groups (broad SMARTS) is 2. The number of hydrogen-bond donors (Lipinski definition) is 0. The summed E-state index contributed by atoms with van der Waals surface area (Å²) < 4.78 is 10.5. The molecule has 2 unspecified atom stereocenters. The van der Waals surface area contributed by atoms with E-state index in [0.29, 0.717) is 26.1 Å². The van der Waals surface area contributed by atoms with Crippen LogP contribution < -0.4 is 10.2 Å². The van der Waals surface area contributed by atoms with Gasteiger partial charge in [-0.15, -0.1) is 0 Å². The molecule has 0 aliphatic heterocycles. The second-order valence-corrected chi connectivity index (χ2v) is 12.6. The van der Waals surface area contributed by atoms with Crippen molar-refractivity contribution in [2.24, 2.45) is 0 Å². The van der Waals surface area contributed by atoms with E-state index in [1.54, 1.807) is 13.8 Å². The topological polar surface area (TPSA) is 98.7 Å². The van der Waals surface area contributed by atoms with Gasteiger partial charge in [0, 0.05) is 13.2 Å². The Balaban J connectivity index is -0.000000966. The van der Waals surface area contributed by atoms with E-state index in [2.05, 4.69) is 135 Å². The fourth-order valence-electron chi connectivity index (χ4n) is 4.62. The van der Waals surface area contributed by atoms with Gasteiger partial charge in [0.2, 0.25) is 0 Å². The molecule has 55 heavy (non-hydrogen) atoms. The molecule has 0 rings (SSSR count). The van der Waals surface area contributed by atoms with Crippen LogP contribution in [0.15, 0.2) is 122 Å². The maximum absolute atomic E-state index is 10.7. The van der Waals surface area contributed by atoms with Crippen molar-refractivity contribution in [2.75, 3.05) is 13.2 Å². The molecule has 6 nitrogen and oxygen atoms in total. The van der Waals surface area contributed by atoms with E-state index < -0.39 is 24.1 Å². The van der Waals surface area contributed by atoms with Crippen LogP contribution in [0.2, 0.25) is 0 Å². The first-order valence-corrected chi connectivity index (χ1v) is 20.6. The van der Waals surface area contributed by atoms with Crippen LogP contribution in [0.1, 0.15) is 143 Å². The Kier molecular flexibility index (Phi) is 51.2. The van der Waals surface area contributed by atoms with Crippen molar-refractivity contribution >= 4 is 49.7 Å². The minimum Gasteiger partial charge on any atom is -0.547 e. The van der Waals surface area contributed by atoms with Crippen LogP contribution in [0, 0.1) is 0 Å². The summed E-state index contributed by atoms with van der Waals surface area (Å²) in [6.45, 7) is 8.84. The van der Waals surface area contributed by atoms with E-state index in [9.17, 15) is 19.8 Å². The summed E-state index contributed by atoms with van der Waals surface area (Å²) in [5, 5.41) is 21.4. The molecule has 0 fully saturated rings. The normalized spacial score (nSPS) is 13.6. The van der Waals surface area contributed by atoms with Crippen LogP contribution >= 0.6 is 0 Å². The van der Waals surface area contributed by atoms with Crippen LogP contribution in [-0.4, -0.2) is 75.1 Å². The third-order valence-corrected chi connectivity index (χ3v) is 7.75. The van der Waals surface area contributed by atoms with Gasteiger partial charge in [-0.2, -0.15) is 0 Å². The average molecular weight is 787 g/mol. The third-order valence-electron chi connectivity index (χ3n) is 7.75. The van der Waals surface area contributed by atoms with Gasteiger partial charge in [0.1, 0.15) is 0 Å². The molecule has 0 spiro atoms. The first kappa shape index (κ1) is 56.8. The van der Waals surface area contributed by atoms with Crippen LogP contribution in [0.5, 0.6) is 0 Å². The number of carboxylic acids is 2. The van der Waals surface area contributed by atoms with Gasteiger partial charge < -0.3 is 29.3 Å². The van der Waals surface area contributed by atoms with Gasteiger partial charge in [-0.05, 0) is 116 Å². The molecule has 0 bridgehead atoms. The largest absolute Gasteiger partial charge is 2.00 e. The molecule has 0 heterocycles. The SMILES string of the molecule is CC/C=C\C/C=C\C/C=C\C/C=C\C/C=C\CCCCOC(CC)C(=O)[O-].CC/C=C\C/C=C\C/C=C\C/C=C\C/C=C\CCCCOC(CC)C(=O)[O-].[Ca+2]. The molecule has 0 N–H and O–H groups in total. The number of unbranched alkanes of at least 4 members (excludes halogenated alkanes) is 4. The van der Waals surface area contributed by atoms with Gasteiger partial charge in [0.05, 0.1) is 24.1 Å². The summed E-state index contributed by atoms with van der Waals surface area (Å²) in [6.07, 6.45) is 59.1. The minimum absolute atomic E-state index is 0. The summed E-state index contributed by atoms with van der Waals surface area (Å²) in [7, 11) is 0. The van der Waals surface area contributed by atoms with Crippen molar-refractivity contribution in [3.63, 3.8) is 0 Å². The van der Waals surface area contributed by atoms with Crippen molar-refractivity contribution in [3.8, 4) is 0 Å². The first-order chi connectivity index (χ1) is 26.4. The fraction of sp³-hybridized carbons (Fsp3) is 0.542. The van der Waals surface area contributed by atoms with Crippen LogP contribution in [0.25, 0.3) is 0 Å². The van der Waals surface area contributed by atoms with Crippen molar-refractivity contribution in [3.05, 3.63) is 122 Å². The van der Waals surface area contributed by atoms with Crippen molar-refractivity contribution < 1.29 is 29.3 Å². The molecule has 0 amide bonds. The molecule has 0 radical (unpaired) electrons. The molecular weight excluding hydrogens is 713 g/mol. The Morgan fingerprint density at radius 1 is 0.400 bits per heavy atom. The number of rotatable bonds is 34. The number of allylic oxidation sites excluding steroid dienone is 20. The maximum atomic E-state index is 10.7. The molecule has 2 atom stereocenters. The van der Waals surface area contributed by atoms with E-state index in [4.69, 9.17) is 9.47 Å². The zero-order chi connectivity index (χ0) is 40.0. The zero-order valence-electron chi connectivity index (χ0n) is 35.0. The summed E-state index contributed by atoms with van der Waals surface area (Å²) in [6, 6.07) is 0. The fourth-order valence-corrected chi connectivity index (χ4v) is 4.62. The minimum atomic E-state index is -1.12. The number of ether oxygens (including phenoxy) is 2.